The van der Waals surface area contributed by atoms with Crippen molar-refractivity contribution >= 4 is 17.5 Å². The van der Waals surface area contributed by atoms with E-state index in [0.717, 1.165) is 18.8 Å². The van der Waals surface area contributed by atoms with Crippen LogP contribution in [0.4, 0.5) is 5.69 Å². The van der Waals surface area contributed by atoms with Gasteiger partial charge in [-0.1, -0.05) is 0 Å². The van der Waals surface area contributed by atoms with E-state index in [1.54, 1.807) is 13.3 Å². The van der Waals surface area contributed by atoms with Gasteiger partial charge in [0.05, 0.1) is 13.2 Å². The summed E-state index contributed by atoms with van der Waals surface area (Å²) in [6, 6.07) is 4.27. The van der Waals surface area contributed by atoms with Crippen LogP contribution in [0.2, 0.25) is 0 Å². The normalized spacial score (nSPS) is 16.6. The Morgan fingerprint density at radius 2 is 2.43 bits per heavy atom. The van der Waals surface area contributed by atoms with E-state index in [1.165, 1.54) is 0 Å². The van der Waals surface area contributed by atoms with E-state index in [4.69, 9.17) is 16.5 Å². The van der Waals surface area contributed by atoms with Crippen molar-refractivity contribution in [1.29, 1.82) is 0 Å². The van der Waals surface area contributed by atoms with Crippen molar-refractivity contribution in [3.63, 3.8) is 0 Å². The summed E-state index contributed by atoms with van der Waals surface area (Å²) >= 11 is 5.50. The molecule has 4 nitrogen and oxygen atoms in total. The Bertz CT molecular complexity index is 315. The summed E-state index contributed by atoms with van der Waals surface area (Å²) in [4.78, 5) is 8.97. The number of rotatable bonds is 3. The number of methoxy groups -OCH3 is 1. The van der Waals surface area contributed by atoms with E-state index >= 15 is 0 Å². The van der Waals surface area contributed by atoms with Crippen LogP contribution in [0.5, 0.6) is 5.88 Å². The molecule has 1 fully saturated rings. The number of aromatic nitrogens is 1. The Hall–Kier alpha value is -1.00. The molecule has 0 bridgehead atoms. The molecule has 1 aromatic heterocycles. The van der Waals surface area contributed by atoms with Gasteiger partial charge in [-0.15, -0.1) is 0 Å². The van der Waals surface area contributed by atoms with Crippen molar-refractivity contribution < 1.29 is 4.74 Å². The average molecular weight is 214 g/mol. The smallest absolute Gasteiger partial charge is 0.214 e. The summed E-state index contributed by atoms with van der Waals surface area (Å²) in [6.07, 6.45) is 1.75. The summed E-state index contributed by atoms with van der Waals surface area (Å²) in [5.74, 6) is 0.643. The highest BCUT2D eigenvalue weighted by molar-refractivity contribution is 6.13. The molecule has 76 valence electrons. The predicted octanol–water partition coefficient (Wildman–Crippen LogP) is 1.02. The lowest BCUT2D eigenvalue weighted by Crippen LogP contribution is -2.55. The van der Waals surface area contributed by atoms with Crippen LogP contribution < -0.4 is 14.5 Å². The zero-order chi connectivity index (χ0) is 9.97. The van der Waals surface area contributed by atoms with E-state index in [0.29, 0.717) is 11.9 Å². The third-order valence-corrected chi connectivity index (χ3v) is 2.64. The van der Waals surface area contributed by atoms with Crippen LogP contribution in [0.1, 0.15) is 0 Å². The van der Waals surface area contributed by atoms with Gasteiger partial charge in [-0.2, -0.15) is 0 Å². The zero-order valence-corrected chi connectivity index (χ0v) is 8.66. The lowest BCUT2D eigenvalue weighted by Gasteiger charge is -2.39. The Morgan fingerprint density at radius 1 is 1.64 bits per heavy atom. The predicted molar refractivity (Wildman–Crippen MR) is 55.8 cm³/mol. The van der Waals surface area contributed by atoms with Gasteiger partial charge in [0.15, 0.2) is 0 Å². The molecule has 5 heteroatoms. The molecule has 0 atom stereocenters. The van der Waals surface area contributed by atoms with Crippen molar-refractivity contribution in [1.82, 2.24) is 9.82 Å². The third-order valence-electron chi connectivity index (χ3n) is 2.33. The summed E-state index contributed by atoms with van der Waals surface area (Å²) in [5, 5.41) is 0. The van der Waals surface area contributed by atoms with Crippen LogP contribution >= 0.6 is 11.8 Å². The largest absolute Gasteiger partial charge is 0.481 e. The standard InChI is InChI=1S/C9H12ClN3O/c1-14-9-4-8(2-3-11-9)13-5-7(6-13)12-10/h2-4,7,12H,5-6H2,1H3. The number of pyridine rings is 1. The lowest BCUT2D eigenvalue weighted by molar-refractivity contribution is 0.397. The molecule has 0 radical (unpaired) electrons. The van der Waals surface area contributed by atoms with Gasteiger partial charge in [-0.25, -0.2) is 9.82 Å². The van der Waals surface area contributed by atoms with E-state index in [1.807, 2.05) is 12.1 Å². The van der Waals surface area contributed by atoms with Crippen LogP contribution in [-0.4, -0.2) is 31.2 Å². The second-order valence-electron chi connectivity index (χ2n) is 3.27. The topological polar surface area (TPSA) is 37.4 Å². The van der Waals surface area contributed by atoms with Gasteiger partial charge < -0.3 is 9.64 Å². The molecule has 1 saturated heterocycles. The first-order valence-corrected chi connectivity index (χ1v) is 4.82. The summed E-state index contributed by atoms with van der Waals surface area (Å²) in [7, 11) is 1.62. The lowest BCUT2D eigenvalue weighted by atomic mass is 10.1. The number of hydrogen-bond donors (Lipinski definition) is 1. The van der Waals surface area contributed by atoms with Crippen LogP contribution in [0.3, 0.4) is 0 Å². The average Bonchev–Trinajstić information content (AvgIpc) is 2.17. The maximum Gasteiger partial charge on any atom is 0.214 e. The monoisotopic (exact) mass is 213 g/mol. The second-order valence-corrected chi connectivity index (χ2v) is 3.49. The number of hydrogen-bond acceptors (Lipinski definition) is 4. The molecule has 0 aromatic carbocycles. The highest BCUT2D eigenvalue weighted by Crippen LogP contribution is 2.23. The highest BCUT2D eigenvalue weighted by Gasteiger charge is 2.26. The van der Waals surface area contributed by atoms with Crippen molar-refractivity contribution in [3.8, 4) is 5.88 Å². The van der Waals surface area contributed by atoms with Crippen LogP contribution in [0.15, 0.2) is 18.3 Å². The fourth-order valence-corrected chi connectivity index (χ4v) is 1.60. The minimum Gasteiger partial charge on any atom is -0.481 e. The maximum atomic E-state index is 5.50. The molecule has 0 unspecified atom stereocenters. The Balaban J connectivity index is 2.03. The molecule has 2 rings (SSSR count). The molecular weight excluding hydrogens is 202 g/mol. The van der Waals surface area contributed by atoms with E-state index < -0.39 is 0 Å². The first kappa shape index (κ1) is 9.55. The Kier molecular flexibility index (Phi) is 2.74. The zero-order valence-electron chi connectivity index (χ0n) is 7.90. The van der Waals surface area contributed by atoms with Crippen molar-refractivity contribution in [2.45, 2.75) is 6.04 Å². The summed E-state index contributed by atoms with van der Waals surface area (Å²) in [5.41, 5.74) is 1.13. The second kappa shape index (κ2) is 4.02. The molecule has 14 heavy (non-hydrogen) atoms. The fourth-order valence-electron chi connectivity index (χ4n) is 1.47. The van der Waals surface area contributed by atoms with Crippen molar-refractivity contribution in [2.24, 2.45) is 0 Å². The molecule has 0 spiro atoms. The number of nitrogens with zero attached hydrogens (tertiary/aromatic N) is 2. The molecule has 0 amide bonds. The van der Waals surface area contributed by atoms with Gasteiger partial charge in [-0.05, 0) is 17.8 Å². The minimum atomic E-state index is 0.385. The molecule has 1 N–H and O–H groups in total. The maximum absolute atomic E-state index is 5.50. The highest BCUT2D eigenvalue weighted by atomic mass is 35.5. The number of anilines is 1. The summed E-state index contributed by atoms with van der Waals surface area (Å²) < 4.78 is 5.05. The van der Waals surface area contributed by atoms with Crippen LogP contribution in [0, 0.1) is 0 Å². The molecule has 1 aliphatic rings. The van der Waals surface area contributed by atoms with Crippen molar-refractivity contribution in [3.05, 3.63) is 18.3 Å². The minimum absolute atomic E-state index is 0.385. The molecule has 0 saturated carbocycles. The SMILES string of the molecule is COc1cc(N2CC(NCl)C2)ccn1. The van der Waals surface area contributed by atoms with Gasteiger partial charge in [-0.3, -0.25) is 0 Å². The number of ether oxygens (including phenoxy) is 1. The Morgan fingerprint density at radius 3 is 3.07 bits per heavy atom. The quantitative estimate of drug-likeness (QED) is 0.761. The molecule has 2 heterocycles. The van der Waals surface area contributed by atoms with Gasteiger partial charge in [0.1, 0.15) is 0 Å². The number of nitrogens with one attached hydrogen (secondary N) is 1. The first-order chi connectivity index (χ1) is 6.83. The number of halogens is 1. The fraction of sp³-hybridized carbons (Fsp3) is 0.444. The van der Waals surface area contributed by atoms with Gasteiger partial charge in [0, 0.05) is 31.0 Å². The van der Waals surface area contributed by atoms with E-state index in [-0.39, 0.29) is 0 Å². The van der Waals surface area contributed by atoms with E-state index in [2.05, 4.69) is 14.7 Å². The first-order valence-electron chi connectivity index (χ1n) is 4.44. The van der Waals surface area contributed by atoms with Gasteiger partial charge in [0.25, 0.3) is 0 Å². The molecule has 1 aliphatic heterocycles. The van der Waals surface area contributed by atoms with E-state index in [9.17, 15) is 0 Å². The van der Waals surface area contributed by atoms with Gasteiger partial charge >= 0.3 is 0 Å². The van der Waals surface area contributed by atoms with Crippen LogP contribution in [-0.2, 0) is 0 Å². The summed E-state index contributed by atoms with van der Waals surface area (Å²) in [6.45, 7) is 1.85. The third kappa shape index (κ3) is 1.76. The Labute approximate surface area is 87.9 Å². The molecule has 1 aromatic rings. The molecular formula is C9H12ClN3O. The van der Waals surface area contributed by atoms with Gasteiger partial charge in [0.2, 0.25) is 5.88 Å². The van der Waals surface area contributed by atoms with Crippen molar-refractivity contribution in [2.75, 3.05) is 25.1 Å². The molecule has 0 aliphatic carbocycles. The van der Waals surface area contributed by atoms with Crippen LogP contribution in [0.25, 0.3) is 0 Å².